The largest absolute Gasteiger partial charge is 0.491 e. The molecule has 1 saturated heterocycles. The maximum Gasteiger partial charge on any atom is 0.253 e. The summed E-state index contributed by atoms with van der Waals surface area (Å²) in [5.41, 5.74) is 2.86. The fourth-order valence-corrected chi connectivity index (χ4v) is 6.44. The number of para-hydroxylation sites is 1. The van der Waals surface area contributed by atoms with E-state index in [1.54, 1.807) is 48.7 Å². The van der Waals surface area contributed by atoms with Crippen LogP contribution in [0.3, 0.4) is 0 Å². The summed E-state index contributed by atoms with van der Waals surface area (Å²) in [7, 11) is -3.61. The highest BCUT2D eigenvalue weighted by Gasteiger charge is 2.23. The minimum atomic E-state index is -3.61. The first-order valence-electron chi connectivity index (χ1n) is 13.2. The van der Waals surface area contributed by atoms with Crippen LogP contribution >= 0.6 is 0 Å². The standard InChI is InChI=1S/C31H33N3O4S/c1-23(2)38-28-9-3-6-25(20-28)21-33-16-18-34(19-17-33)31(35)27-13-11-24(12-14-27)22-39(36,37)29-10-4-7-26-8-5-15-32-30(26)29/h3-15,20,23H,16-19,21-22H2,1-2H3. The first-order valence-corrected chi connectivity index (χ1v) is 14.9. The maximum atomic E-state index is 13.2. The van der Waals surface area contributed by atoms with E-state index in [0.29, 0.717) is 29.7 Å². The molecule has 2 heterocycles. The number of benzene rings is 3. The Kier molecular flexibility index (Phi) is 7.95. The van der Waals surface area contributed by atoms with E-state index in [1.807, 2.05) is 43.0 Å². The van der Waals surface area contributed by atoms with Crippen LogP contribution in [0.1, 0.15) is 35.3 Å². The van der Waals surface area contributed by atoms with Gasteiger partial charge in [0.25, 0.3) is 5.91 Å². The van der Waals surface area contributed by atoms with Crippen LogP contribution in [0.5, 0.6) is 5.75 Å². The van der Waals surface area contributed by atoms with Gasteiger partial charge in [-0.3, -0.25) is 14.7 Å². The molecule has 1 aromatic heterocycles. The van der Waals surface area contributed by atoms with Gasteiger partial charge in [-0.2, -0.15) is 0 Å². The van der Waals surface area contributed by atoms with Gasteiger partial charge in [-0.05, 0) is 61.4 Å². The predicted octanol–water partition coefficient (Wildman–Crippen LogP) is 4.95. The summed E-state index contributed by atoms with van der Waals surface area (Å²) in [5.74, 6) is 0.690. The van der Waals surface area contributed by atoms with E-state index in [2.05, 4.69) is 22.0 Å². The van der Waals surface area contributed by atoms with Crippen LogP contribution in [0.25, 0.3) is 10.9 Å². The Labute approximate surface area is 230 Å². The van der Waals surface area contributed by atoms with Crippen LogP contribution in [0.4, 0.5) is 0 Å². The first-order chi connectivity index (χ1) is 18.8. The Morgan fingerprint density at radius 3 is 2.36 bits per heavy atom. The molecule has 4 aromatic rings. The zero-order chi connectivity index (χ0) is 27.4. The van der Waals surface area contributed by atoms with E-state index in [-0.39, 0.29) is 22.7 Å². The second kappa shape index (κ2) is 11.6. The third-order valence-corrected chi connectivity index (χ3v) is 8.54. The fraction of sp³-hybridized carbons (Fsp3) is 0.290. The monoisotopic (exact) mass is 543 g/mol. The third-order valence-electron chi connectivity index (χ3n) is 6.82. The highest BCUT2D eigenvalue weighted by atomic mass is 32.2. The Balaban J connectivity index is 1.18. The van der Waals surface area contributed by atoms with Crippen molar-refractivity contribution in [3.8, 4) is 5.75 Å². The first kappa shape index (κ1) is 26.8. The number of carbonyl (C=O) groups excluding carboxylic acids is 1. The van der Waals surface area contributed by atoms with Gasteiger partial charge in [0.05, 0.1) is 22.3 Å². The molecule has 0 saturated carbocycles. The highest BCUT2D eigenvalue weighted by Crippen LogP contribution is 2.24. The fourth-order valence-electron chi connectivity index (χ4n) is 4.91. The molecule has 7 nitrogen and oxygen atoms in total. The number of hydrogen-bond donors (Lipinski definition) is 0. The van der Waals surface area contributed by atoms with Crippen molar-refractivity contribution in [3.63, 3.8) is 0 Å². The van der Waals surface area contributed by atoms with Crippen LogP contribution in [0.2, 0.25) is 0 Å². The second-order valence-corrected chi connectivity index (χ2v) is 12.1. The molecule has 0 spiro atoms. The third kappa shape index (κ3) is 6.46. The molecule has 0 N–H and O–H groups in total. The van der Waals surface area contributed by atoms with Crippen molar-refractivity contribution in [2.75, 3.05) is 26.2 Å². The quantitative estimate of drug-likeness (QED) is 0.313. The summed E-state index contributed by atoms with van der Waals surface area (Å²) in [6, 6.07) is 23.9. The van der Waals surface area contributed by atoms with Gasteiger partial charge in [0.1, 0.15) is 5.75 Å². The summed E-state index contributed by atoms with van der Waals surface area (Å²) in [6.45, 7) is 7.71. The molecule has 0 bridgehead atoms. The number of pyridine rings is 1. The van der Waals surface area contributed by atoms with Crippen LogP contribution < -0.4 is 4.74 Å². The molecule has 1 aliphatic rings. The number of nitrogens with zero attached hydrogens (tertiary/aromatic N) is 3. The van der Waals surface area contributed by atoms with E-state index in [9.17, 15) is 13.2 Å². The minimum Gasteiger partial charge on any atom is -0.491 e. The Bertz CT molecular complexity index is 1560. The molecular weight excluding hydrogens is 510 g/mol. The number of hydrogen-bond acceptors (Lipinski definition) is 6. The van der Waals surface area contributed by atoms with Gasteiger partial charge in [-0.1, -0.05) is 42.5 Å². The topological polar surface area (TPSA) is 79.8 Å². The average Bonchev–Trinajstić information content (AvgIpc) is 2.93. The lowest BCUT2D eigenvalue weighted by Crippen LogP contribution is -2.48. The number of amides is 1. The van der Waals surface area contributed by atoms with Gasteiger partial charge >= 0.3 is 0 Å². The van der Waals surface area contributed by atoms with Crippen molar-refractivity contribution in [1.29, 1.82) is 0 Å². The van der Waals surface area contributed by atoms with Gasteiger partial charge in [0.2, 0.25) is 0 Å². The van der Waals surface area contributed by atoms with Gasteiger partial charge in [0, 0.05) is 49.9 Å². The molecule has 3 aromatic carbocycles. The zero-order valence-electron chi connectivity index (χ0n) is 22.3. The van der Waals surface area contributed by atoms with E-state index >= 15 is 0 Å². The van der Waals surface area contributed by atoms with Gasteiger partial charge < -0.3 is 9.64 Å². The lowest BCUT2D eigenvalue weighted by molar-refractivity contribution is 0.0628. The molecule has 5 rings (SSSR count). The lowest BCUT2D eigenvalue weighted by atomic mass is 10.1. The van der Waals surface area contributed by atoms with E-state index < -0.39 is 9.84 Å². The van der Waals surface area contributed by atoms with Crippen LogP contribution in [-0.2, 0) is 22.1 Å². The number of aromatic nitrogens is 1. The Hall–Kier alpha value is -3.75. The number of fused-ring (bicyclic) bond motifs is 1. The normalized spacial score (nSPS) is 14.6. The number of rotatable bonds is 8. The van der Waals surface area contributed by atoms with Crippen molar-refractivity contribution in [2.45, 2.75) is 37.1 Å². The van der Waals surface area contributed by atoms with Gasteiger partial charge in [-0.15, -0.1) is 0 Å². The smallest absolute Gasteiger partial charge is 0.253 e. The molecule has 0 unspecified atom stereocenters. The number of ether oxygens (including phenoxy) is 1. The molecule has 8 heteroatoms. The molecule has 1 aliphatic heterocycles. The Morgan fingerprint density at radius 2 is 1.62 bits per heavy atom. The van der Waals surface area contributed by atoms with Crippen LogP contribution in [-0.4, -0.2) is 61.4 Å². The highest BCUT2D eigenvalue weighted by molar-refractivity contribution is 7.90. The zero-order valence-corrected chi connectivity index (χ0v) is 23.1. The molecule has 1 amide bonds. The molecule has 202 valence electrons. The van der Waals surface area contributed by atoms with Gasteiger partial charge in [-0.25, -0.2) is 8.42 Å². The van der Waals surface area contributed by atoms with Crippen molar-refractivity contribution in [1.82, 2.24) is 14.8 Å². The van der Waals surface area contributed by atoms with Crippen molar-refractivity contribution < 1.29 is 17.9 Å². The molecule has 0 atom stereocenters. The number of sulfone groups is 1. The van der Waals surface area contributed by atoms with E-state index in [4.69, 9.17) is 4.74 Å². The molecular formula is C31H33N3O4S. The molecule has 0 aliphatic carbocycles. The maximum absolute atomic E-state index is 13.2. The van der Waals surface area contributed by atoms with Crippen molar-refractivity contribution in [2.24, 2.45) is 0 Å². The predicted molar refractivity (Wildman–Crippen MR) is 152 cm³/mol. The molecule has 1 fully saturated rings. The van der Waals surface area contributed by atoms with E-state index in [0.717, 1.165) is 30.8 Å². The summed E-state index contributed by atoms with van der Waals surface area (Å²) in [4.78, 5) is 21.8. The number of carbonyl (C=O) groups is 1. The Morgan fingerprint density at radius 1 is 0.897 bits per heavy atom. The minimum absolute atomic E-state index is 0.0327. The van der Waals surface area contributed by atoms with Crippen LogP contribution in [0, 0.1) is 0 Å². The molecule has 0 radical (unpaired) electrons. The van der Waals surface area contributed by atoms with Crippen molar-refractivity contribution in [3.05, 3.63) is 102 Å². The summed E-state index contributed by atoms with van der Waals surface area (Å²) in [5, 5.41) is 0.785. The SMILES string of the molecule is CC(C)Oc1cccc(CN2CCN(C(=O)c3ccc(CS(=O)(=O)c4cccc5cccnc45)cc3)CC2)c1. The summed E-state index contributed by atoms with van der Waals surface area (Å²) < 4.78 is 32.2. The summed E-state index contributed by atoms with van der Waals surface area (Å²) >= 11 is 0. The van der Waals surface area contributed by atoms with Crippen LogP contribution in [0.15, 0.2) is 90.0 Å². The summed E-state index contributed by atoms with van der Waals surface area (Å²) in [6.07, 6.45) is 1.73. The van der Waals surface area contributed by atoms with E-state index in [1.165, 1.54) is 5.56 Å². The number of piperazine rings is 1. The lowest BCUT2D eigenvalue weighted by Gasteiger charge is -2.35. The van der Waals surface area contributed by atoms with Crippen molar-refractivity contribution >= 4 is 26.6 Å². The second-order valence-electron chi connectivity index (χ2n) is 10.2. The average molecular weight is 544 g/mol. The molecule has 39 heavy (non-hydrogen) atoms. The van der Waals surface area contributed by atoms with Gasteiger partial charge in [0.15, 0.2) is 9.84 Å².